The summed E-state index contributed by atoms with van der Waals surface area (Å²) < 4.78 is 15.9. The molecule has 4 heterocycles. The smallest absolute Gasteiger partial charge is 0.265 e. The topological polar surface area (TPSA) is 88.8 Å². The number of benzene rings is 1. The number of hydrogen-bond acceptors (Lipinski definition) is 6. The summed E-state index contributed by atoms with van der Waals surface area (Å²) in [5.74, 6) is 0.0323. The van der Waals surface area contributed by atoms with Gasteiger partial charge in [0.1, 0.15) is 16.5 Å². The van der Waals surface area contributed by atoms with E-state index < -0.39 is 0 Å². The second-order valence-corrected chi connectivity index (χ2v) is 8.79. The monoisotopic (exact) mass is 488 g/mol. The number of hydrogen-bond donors (Lipinski definition) is 1. The summed E-state index contributed by atoms with van der Waals surface area (Å²) in [6.45, 7) is 4.48. The van der Waals surface area contributed by atoms with Crippen molar-refractivity contribution in [2.45, 2.75) is 43.2 Å². The number of rotatable bonds is 6. The molecular weight excluding hydrogens is 463 g/mol. The van der Waals surface area contributed by atoms with E-state index in [1.165, 1.54) is 30.4 Å². The molecule has 0 bridgehead atoms. The Bertz CT molecular complexity index is 1410. The fraction of sp³-hybridized carbons (Fsp3) is 0.192. The molecule has 0 saturated carbocycles. The molecule has 0 amide bonds. The van der Waals surface area contributed by atoms with E-state index in [0.717, 1.165) is 11.4 Å². The van der Waals surface area contributed by atoms with Crippen molar-refractivity contribution in [3.63, 3.8) is 0 Å². The largest absolute Gasteiger partial charge is 0.304 e. The Hall–Kier alpha value is -3.85. The van der Waals surface area contributed by atoms with Crippen LogP contribution in [0.15, 0.2) is 92.9 Å². The molecule has 0 spiro atoms. The molecule has 7 nitrogen and oxygen atoms in total. The van der Waals surface area contributed by atoms with Gasteiger partial charge < -0.3 is 4.98 Å². The zero-order valence-electron chi connectivity index (χ0n) is 19.5. The van der Waals surface area contributed by atoms with E-state index in [2.05, 4.69) is 38.9 Å². The van der Waals surface area contributed by atoms with Crippen LogP contribution in [0.3, 0.4) is 0 Å². The lowest BCUT2D eigenvalue weighted by molar-refractivity contribution is 0.584. The van der Waals surface area contributed by atoms with Gasteiger partial charge in [-0.15, -0.1) is 0 Å². The third-order valence-corrected chi connectivity index (χ3v) is 5.82. The molecule has 1 aliphatic heterocycles. The number of H-pyrrole nitrogens is 1. The third-order valence-electron chi connectivity index (χ3n) is 4.86. The Labute approximate surface area is 206 Å². The molecule has 5 rings (SSSR count). The summed E-state index contributed by atoms with van der Waals surface area (Å²) in [7, 11) is 0. The van der Waals surface area contributed by atoms with Gasteiger partial charge in [-0.25, -0.2) is 14.4 Å². The van der Waals surface area contributed by atoms with Crippen molar-refractivity contribution in [1.82, 2.24) is 24.7 Å². The normalized spacial score (nSPS) is 12.3. The van der Waals surface area contributed by atoms with Crippen molar-refractivity contribution in [3.05, 3.63) is 101 Å². The predicted octanol–water partition coefficient (Wildman–Crippen LogP) is 5.49. The van der Waals surface area contributed by atoms with Crippen molar-refractivity contribution >= 4 is 17.5 Å². The Morgan fingerprint density at radius 1 is 1.11 bits per heavy atom. The lowest BCUT2D eigenvalue weighted by Gasteiger charge is -2.08. The van der Waals surface area contributed by atoms with Gasteiger partial charge in [-0.05, 0) is 24.3 Å². The number of pyridine rings is 1. The van der Waals surface area contributed by atoms with Gasteiger partial charge in [-0.2, -0.15) is 5.10 Å². The Morgan fingerprint density at radius 2 is 1.91 bits per heavy atom. The highest BCUT2D eigenvalue weighted by molar-refractivity contribution is 7.99. The maximum atomic E-state index is 14.2. The fourth-order valence-electron chi connectivity index (χ4n) is 3.31. The van der Waals surface area contributed by atoms with E-state index in [4.69, 9.17) is 0 Å². The molecule has 0 radical (unpaired) electrons. The maximum Gasteiger partial charge on any atom is 0.265 e. The first-order valence-electron chi connectivity index (χ1n) is 11.3. The number of aromatic amines is 1. The van der Waals surface area contributed by atoms with E-state index in [9.17, 15) is 9.18 Å². The molecule has 0 atom stereocenters. The summed E-state index contributed by atoms with van der Waals surface area (Å²) >= 11 is 1.24. The van der Waals surface area contributed by atoms with Gasteiger partial charge in [-0.1, -0.05) is 62.4 Å². The van der Waals surface area contributed by atoms with Crippen LogP contribution in [-0.4, -0.2) is 30.4 Å². The Balaban J connectivity index is 0.000000917. The van der Waals surface area contributed by atoms with E-state index in [1.807, 2.05) is 30.3 Å². The molecular formula is C26H25FN6OS. The minimum atomic E-state index is -0.301. The highest BCUT2D eigenvalue weighted by Gasteiger charge is 2.18. The minimum absolute atomic E-state index is 0.235. The van der Waals surface area contributed by atoms with Gasteiger partial charge in [-0.3, -0.25) is 14.5 Å². The lowest BCUT2D eigenvalue weighted by atomic mass is 10.1. The van der Waals surface area contributed by atoms with Crippen molar-refractivity contribution in [1.29, 1.82) is 0 Å². The number of aromatic nitrogens is 5. The lowest BCUT2D eigenvalue weighted by Crippen LogP contribution is -2.12. The van der Waals surface area contributed by atoms with Crippen LogP contribution < -0.4 is 5.56 Å². The summed E-state index contributed by atoms with van der Waals surface area (Å²) in [5, 5.41) is 5.31. The first-order chi connectivity index (χ1) is 17.1. The van der Waals surface area contributed by atoms with Gasteiger partial charge in [0, 0.05) is 30.6 Å². The average Bonchev–Trinajstić information content (AvgIpc) is 3.53. The van der Waals surface area contributed by atoms with Crippen molar-refractivity contribution in [2.24, 2.45) is 4.99 Å². The third kappa shape index (κ3) is 5.99. The zero-order chi connectivity index (χ0) is 24.6. The molecule has 0 aliphatic carbocycles. The zero-order valence-corrected chi connectivity index (χ0v) is 20.3. The van der Waals surface area contributed by atoms with Gasteiger partial charge in [0.2, 0.25) is 0 Å². The number of nitrogens with zero attached hydrogens (tertiary/aromatic N) is 5. The molecule has 0 unspecified atom stereocenters. The number of allylic oxidation sites excluding steroid dienone is 1. The van der Waals surface area contributed by atoms with E-state index in [1.54, 1.807) is 35.3 Å². The molecule has 178 valence electrons. The van der Waals surface area contributed by atoms with Gasteiger partial charge in [0.15, 0.2) is 5.82 Å². The van der Waals surface area contributed by atoms with Crippen molar-refractivity contribution in [2.75, 3.05) is 0 Å². The van der Waals surface area contributed by atoms with E-state index in [-0.39, 0.29) is 17.9 Å². The van der Waals surface area contributed by atoms with Crippen LogP contribution in [0.2, 0.25) is 0 Å². The molecule has 0 fully saturated rings. The molecule has 35 heavy (non-hydrogen) atoms. The first kappa shape index (κ1) is 24.3. The molecule has 1 aromatic carbocycles. The average molecular weight is 489 g/mol. The quantitative estimate of drug-likeness (QED) is 0.388. The summed E-state index contributed by atoms with van der Waals surface area (Å²) in [6, 6.07) is 13.9. The van der Waals surface area contributed by atoms with Crippen LogP contribution in [0.5, 0.6) is 0 Å². The second kappa shape index (κ2) is 11.5. The summed E-state index contributed by atoms with van der Waals surface area (Å²) in [5.41, 5.74) is 2.29. The van der Waals surface area contributed by atoms with Gasteiger partial charge in [0.05, 0.1) is 22.8 Å². The molecule has 4 aromatic rings. The molecule has 1 N–H and O–H groups in total. The standard InChI is InChI=1S/C23H17FN6OS.C3H8/c24-16-7-2-1-6-15(16)14-30-19(17-8-5-11-25-17)12-18(29-30)22-27-13-20(23(31)28-22)32-21-9-3-4-10-26-21;1-3-2/h1-7,9-13H,8,14H2,(H,27,28,31);3H2,1-2H3. The minimum Gasteiger partial charge on any atom is -0.304 e. The number of aliphatic imine (C=N–C) groups is 1. The molecule has 3 aromatic heterocycles. The van der Waals surface area contributed by atoms with Crippen LogP contribution >= 0.6 is 11.8 Å². The summed E-state index contributed by atoms with van der Waals surface area (Å²) in [6.07, 6.45) is 8.77. The van der Waals surface area contributed by atoms with Gasteiger partial charge in [0.25, 0.3) is 5.56 Å². The van der Waals surface area contributed by atoms with E-state index in [0.29, 0.717) is 33.4 Å². The molecule has 0 saturated heterocycles. The summed E-state index contributed by atoms with van der Waals surface area (Å²) in [4.78, 5) is 28.9. The SMILES string of the molecule is CCC.O=c1[nH]c(-c2cc(C3=NC=CC3)n(Cc3ccccc3F)n2)ncc1Sc1ccccn1. The van der Waals surface area contributed by atoms with Crippen molar-refractivity contribution < 1.29 is 4.39 Å². The first-order valence-corrected chi connectivity index (χ1v) is 12.1. The van der Waals surface area contributed by atoms with Crippen LogP contribution in [0, 0.1) is 5.82 Å². The fourth-order valence-corrected chi connectivity index (χ4v) is 4.04. The van der Waals surface area contributed by atoms with Crippen molar-refractivity contribution in [3.8, 4) is 11.5 Å². The van der Waals surface area contributed by atoms with Crippen LogP contribution in [0.25, 0.3) is 11.5 Å². The van der Waals surface area contributed by atoms with Gasteiger partial charge >= 0.3 is 0 Å². The van der Waals surface area contributed by atoms with Crippen LogP contribution in [0.1, 0.15) is 37.9 Å². The Kier molecular flexibility index (Phi) is 7.99. The van der Waals surface area contributed by atoms with Crippen LogP contribution in [-0.2, 0) is 6.54 Å². The highest BCUT2D eigenvalue weighted by atomic mass is 32.2. The maximum absolute atomic E-state index is 14.2. The Morgan fingerprint density at radius 3 is 2.60 bits per heavy atom. The molecule has 1 aliphatic rings. The predicted molar refractivity (Wildman–Crippen MR) is 136 cm³/mol. The number of halogens is 1. The molecule has 9 heteroatoms. The highest BCUT2D eigenvalue weighted by Crippen LogP contribution is 2.24. The van der Waals surface area contributed by atoms with E-state index >= 15 is 0 Å². The van der Waals surface area contributed by atoms with Crippen LogP contribution in [0.4, 0.5) is 4.39 Å². The number of nitrogens with one attached hydrogen (secondary N) is 1. The second-order valence-electron chi connectivity index (χ2n) is 7.73.